The third kappa shape index (κ3) is 5.83. The molecule has 1 aliphatic rings. The molecule has 0 aliphatic carbocycles. The molecule has 2 unspecified atom stereocenters. The smallest absolute Gasteiger partial charge is 0.410 e. The highest BCUT2D eigenvalue weighted by atomic mass is 19.1. The van der Waals surface area contributed by atoms with Crippen molar-refractivity contribution in [3.63, 3.8) is 0 Å². The van der Waals surface area contributed by atoms with Crippen LogP contribution in [0.4, 0.5) is 9.18 Å². The first-order chi connectivity index (χ1) is 14.7. The number of benzene rings is 1. The normalized spacial score (nSPS) is 17.4. The van der Waals surface area contributed by atoms with Gasteiger partial charge < -0.3 is 19.3 Å². The van der Waals surface area contributed by atoms with Gasteiger partial charge >= 0.3 is 6.09 Å². The van der Waals surface area contributed by atoms with E-state index in [1.807, 2.05) is 27.0 Å². The Balaban J connectivity index is 1.73. The number of aliphatic hydroxyl groups is 1. The molecule has 1 aromatic heterocycles. The summed E-state index contributed by atoms with van der Waals surface area (Å²) in [5, 5.41) is 9.73. The summed E-state index contributed by atoms with van der Waals surface area (Å²) in [6.07, 6.45) is 3.89. The summed E-state index contributed by atoms with van der Waals surface area (Å²) in [6.45, 7) is 10.2. The van der Waals surface area contributed by atoms with Crippen LogP contribution in [0.2, 0.25) is 0 Å². The zero-order valence-corrected chi connectivity index (χ0v) is 18.8. The van der Waals surface area contributed by atoms with Crippen molar-refractivity contribution >= 4 is 6.09 Å². The Morgan fingerprint density at radius 1 is 1.19 bits per heavy atom. The Bertz CT molecular complexity index is 854. The predicted molar refractivity (Wildman–Crippen MR) is 116 cm³/mol. The van der Waals surface area contributed by atoms with Crippen LogP contribution in [0, 0.1) is 5.82 Å². The van der Waals surface area contributed by atoms with E-state index < -0.39 is 5.60 Å². The van der Waals surface area contributed by atoms with Crippen LogP contribution in [0.25, 0.3) is 0 Å². The topological polar surface area (TPSA) is 70.8 Å². The Kier molecular flexibility index (Phi) is 7.33. The number of halogens is 1. The molecule has 0 saturated carbocycles. The number of ether oxygens (including phenoxy) is 1. The van der Waals surface area contributed by atoms with Crippen LogP contribution >= 0.6 is 0 Å². The van der Waals surface area contributed by atoms with Gasteiger partial charge in [0.15, 0.2) is 0 Å². The zero-order chi connectivity index (χ0) is 22.6. The molecule has 0 bridgehead atoms. The predicted octanol–water partition coefficient (Wildman–Crippen LogP) is 3.61. The van der Waals surface area contributed by atoms with Gasteiger partial charge in [-0.25, -0.2) is 14.2 Å². The first-order valence-corrected chi connectivity index (χ1v) is 10.8. The molecule has 8 heteroatoms. The Hall–Kier alpha value is -2.45. The molecule has 170 valence electrons. The van der Waals surface area contributed by atoms with Crippen molar-refractivity contribution in [2.24, 2.45) is 0 Å². The summed E-state index contributed by atoms with van der Waals surface area (Å²) in [6, 6.07) is 6.43. The second-order valence-corrected chi connectivity index (χ2v) is 8.98. The van der Waals surface area contributed by atoms with E-state index in [4.69, 9.17) is 4.74 Å². The molecule has 0 spiro atoms. The lowest BCUT2D eigenvalue weighted by molar-refractivity contribution is 0.00829. The lowest BCUT2D eigenvalue weighted by Gasteiger charge is -2.40. The number of imidazole rings is 1. The van der Waals surface area contributed by atoms with Crippen molar-refractivity contribution in [1.29, 1.82) is 0 Å². The molecule has 1 aliphatic heterocycles. The third-order valence-electron chi connectivity index (χ3n) is 5.62. The zero-order valence-electron chi connectivity index (χ0n) is 18.8. The van der Waals surface area contributed by atoms with Crippen molar-refractivity contribution in [2.75, 3.05) is 32.8 Å². The molecular formula is C23H33FN4O3. The maximum absolute atomic E-state index is 13.3. The lowest BCUT2D eigenvalue weighted by Crippen LogP contribution is -2.51. The van der Waals surface area contributed by atoms with Crippen LogP contribution in [-0.4, -0.2) is 68.9 Å². The van der Waals surface area contributed by atoms with Crippen LogP contribution in [0.3, 0.4) is 0 Å². The van der Waals surface area contributed by atoms with E-state index in [2.05, 4.69) is 21.4 Å². The molecule has 31 heavy (non-hydrogen) atoms. The summed E-state index contributed by atoms with van der Waals surface area (Å²) in [5.74, 6) is -0.261. The first kappa shape index (κ1) is 23.2. The molecule has 2 atom stereocenters. The van der Waals surface area contributed by atoms with E-state index in [9.17, 15) is 14.3 Å². The van der Waals surface area contributed by atoms with Gasteiger partial charge in [-0.1, -0.05) is 12.1 Å². The highest BCUT2D eigenvalue weighted by Crippen LogP contribution is 2.30. The molecule has 2 heterocycles. The lowest BCUT2D eigenvalue weighted by atomic mass is 10.0. The van der Waals surface area contributed by atoms with Crippen LogP contribution in [-0.2, 0) is 4.74 Å². The number of carbonyl (C=O) groups is 1. The minimum atomic E-state index is -0.517. The minimum absolute atomic E-state index is 0.0256. The highest BCUT2D eigenvalue weighted by molar-refractivity contribution is 5.68. The molecule has 1 aromatic carbocycles. The number of hydrogen-bond donors (Lipinski definition) is 1. The van der Waals surface area contributed by atoms with Crippen LogP contribution in [0.15, 0.2) is 36.8 Å². The summed E-state index contributed by atoms with van der Waals surface area (Å²) in [4.78, 5) is 20.7. The van der Waals surface area contributed by atoms with Gasteiger partial charge in [-0.3, -0.25) is 4.90 Å². The number of nitrogens with zero attached hydrogens (tertiary/aromatic N) is 4. The first-order valence-electron chi connectivity index (χ1n) is 10.8. The summed E-state index contributed by atoms with van der Waals surface area (Å²) in [7, 11) is 0. The standard InChI is InChI=1S/C23H33FN4O3/c1-17(18-5-7-19(24)8-6-18)28-16-25-15-21(28)20(9-14-29)26-10-12-27(13-11-26)22(30)31-23(2,3)4/h5-8,15-17,20,29H,9-14H2,1-4H3. The van der Waals surface area contributed by atoms with Gasteiger partial charge in [0.1, 0.15) is 11.4 Å². The highest BCUT2D eigenvalue weighted by Gasteiger charge is 2.31. The largest absolute Gasteiger partial charge is 0.444 e. The molecular weight excluding hydrogens is 399 g/mol. The van der Waals surface area contributed by atoms with Gasteiger partial charge in [-0.15, -0.1) is 0 Å². The number of aliphatic hydroxyl groups excluding tert-OH is 1. The number of rotatable bonds is 6. The molecule has 2 aromatic rings. The van der Waals surface area contributed by atoms with E-state index in [1.54, 1.807) is 23.4 Å². The van der Waals surface area contributed by atoms with Crippen molar-refractivity contribution in [1.82, 2.24) is 19.4 Å². The summed E-state index contributed by atoms with van der Waals surface area (Å²) >= 11 is 0. The molecule has 1 amide bonds. The molecule has 1 saturated heterocycles. The number of carbonyl (C=O) groups excluding carboxylic acids is 1. The monoisotopic (exact) mass is 432 g/mol. The molecule has 1 fully saturated rings. The van der Waals surface area contributed by atoms with Gasteiger partial charge in [-0.2, -0.15) is 0 Å². The van der Waals surface area contributed by atoms with Gasteiger partial charge in [0.2, 0.25) is 0 Å². The quantitative estimate of drug-likeness (QED) is 0.755. The minimum Gasteiger partial charge on any atom is -0.444 e. The van der Waals surface area contributed by atoms with Crippen LogP contribution < -0.4 is 0 Å². The van der Waals surface area contributed by atoms with Crippen LogP contribution in [0.5, 0.6) is 0 Å². The SMILES string of the molecule is CC(c1ccc(F)cc1)n1cncc1C(CCO)N1CCN(C(=O)OC(C)(C)C)CC1. The fourth-order valence-corrected chi connectivity index (χ4v) is 3.98. The van der Waals surface area contributed by atoms with Gasteiger partial charge in [0, 0.05) is 39.0 Å². The fourth-order valence-electron chi connectivity index (χ4n) is 3.98. The number of aromatic nitrogens is 2. The maximum Gasteiger partial charge on any atom is 0.410 e. The average molecular weight is 433 g/mol. The molecule has 0 radical (unpaired) electrons. The van der Waals surface area contributed by atoms with Crippen molar-refractivity contribution in [3.05, 3.63) is 53.9 Å². The second kappa shape index (κ2) is 9.78. The molecule has 3 rings (SSSR count). The Morgan fingerprint density at radius 2 is 1.84 bits per heavy atom. The maximum atomic E-state index is 13.3. The number of hydrogen-bond acceptors (Lipinski definition) is 5. The number of amides is 1. The molecule has 1 N–H and O–H groups in total. The van der Waals surface area contributed by atoms with Crippen molar-refractivity contribution < 1.29 is 19.0 Å². The number of piperazine rings is 1. The van der Waals surface area contributed by atoms with E-state index in [0.29, 0.717) is 32.6 Å². The van der Waals surface area contributed by atoms with E-state index in [1.165, 1.54) is 12.1 Å². The van der Waals surface area contributed by atoms with E-state index in [-0.39, 0.29) is 30.6 Å². The summed E-state index contributed by atoms with van der Waals surface area (Å²) in [5.41, 5.74) is 1.46. The third-order valence-corrected chi connectivity index (χ3v) is 5.62. The van der Waals surface area contributed by atoms with Crippen LogP contribution in [0.1, 0.15) is 57.5 Å². The van der Waals surface area contributed by atoms with Gasteiger partial charge in [-0.05, 0) is 51.8 Å². The van der Waals surface area contributed by atoms with E-state index in [0.717, 1.165) is 11.3 Å². The van der Waals surface area contributed by atoms with Crippen molar-refractivity contribution in [3.8, 4) is 0 Å². The summed E-state index contributed by atoms with van der Waals surface area (Å²) < 4.78 is 20.9. The van der Waals surface area contributed by atoms with E-state index >= 15 is 0 Å². The Labute approximate surface area is 183 Å². The van der Waals surface area contributed by atoms with Gasteiger partial charge in [0.05, 0.1) is 24.1 Å². The van der Waals surface area contributed by atoms with Gasteiger partial charge in [0.25, 0.3) is 0 Å². The second-order valence-electron chi connectivity index (χ2n) is 8.98. The molecule has 7 nitrogen and oxygen atoms in total. The fraction of sp³-hybridized carbons (Fsp3) is 0.565. The Morgan fingerprint density at radius 3 is 2.42 bits per heavy atom. The average Bonchev–Trinajstić information content (AvgIpc) is 3.20. The van der Waals surface area contributed by atoms with Crippen molar-refractivity contribution in [2.45, 2.75) is 51.8 Å².